The van der Waals surface area contributed by atoms with E-state index in [0.29, 0.717) is 24.7 Å². The first kappa shape index (κ1) is 22.8. The predicted octanol–water partition coefficient (Wildman–Crippen LogP) is 3.72. The summed E-state index contributed by atoms with van der Waals surface area (Å²) < 4.78 is 45.1. The molecule has 5 atom stereocenters. The molecule has 0 bridgehead atoms. The highest BCUT2D eigenvalue weighted by molar-refractivity contribution is 5.76. The van der Waals surface area contributed by atoms with Crippen LogP contribution in [-0.2, 0) is 15.7 Å². The Bertz CT molecular complexity index is 938. The minimum Gasteiger partial charge on any atom is -0.461 e. The lowest BCUT2D eigenvalue weighted by atomic mass is 9.59. The van der Waals surface area contributed by atoms with Gasteiger partial charge in [0.1, 0.15) is 12.0 Å². The molecule has 180 valence electrons. The standard InChI is InChI=1S/C26H33F3N2O2/c1-17-5-4-8-25(2)15-23-20(14-22(17)25)21(24(32)33-23)16-30-9-11-31(12-10-30)19-7-3-6-18(13-19)26(27,28)29/h3,6-7,13-14,17,20-21,23H,4-5,8-12,15-16H2,1-2H3/p+1/t17-,20+,21+,23+,25+/m0/s1. The number of benzene rings is 1. The lowest BCUT2D eigenvalue weighted by molar-refractivity contribution is -0.903. The number of fused-ring (bicyclic) bond motifs is 2. The summed E-state index contributed by atoms with van der Waals surface area (Å²) in [7, 11) is 0. The molecule has 2 aliphatic heterocycles. The van der Waals surface area contributed by atoms with Crippen LogP contribution in [0, 0.1) is 23.2 Å². The van der Waals surface area contributed by atoms with E-state index in [1.54, 1.807) is 6.07 Å². The second-order valence-corrected chi connectivity index (χ2v) is 10.8. The van der Waals surface area contributed by atoms with Crippen LogP contribution in [-0.4, -0.2) is 44.8 Å². The fourth-order valence-electron chi connectivity index (χ4n) is 6.76. The number of hydrogen-bond donors (Lipinski definition) is 1. The summed E-state index contributed by atoms with van der Waals surface area (Å²) in [5.74, 6) is 0.556. The number of allylic oxidation sites excluding steroid dienone is 1. The van der Waals surface area contributed by atoms with Gasteiger partial charge in [0, 0.05) is 11.6 Å². The van der Waals surface area contributed by atoms with Gasteiger partial charge in [0.25, 0.3) is 0 Å². The van der Waals surface area contributed by atoms with Crippen LogP contribution >= 0.6 is 0 Å². The average Bonchev–Trinajstić information content (AvgIpc) is 3.06. The number of carbonyl (C=O) groups excluding carboxylic acids is 1. The van der Waals surface area contributed by atoms with Gasteiger partial charge in [0.2, 0.25) is 0 Å². The molecular weight excluding hydrogens is 429 g/mol. The first-order valence-corrected chi connectivity index (χ1v) is 12.3. The smallest absolute Gasteiger partial charge is 0.416 e. The Morgan fingerprint density at radius 3 is 2.73 bits per heavy atom. The van der Waals surface area contributed by atoms with Crippen molar-refractivity contribution >= 4 is 11.7 Å². The quantitative estimate of drug-likeness (QED) is 0.548. The molecule has 4 aliphatic rings. The van der Waals surface area contributed by atoms with Gasteiger partial charge in [-0.3, -0.25) is 4.79 Å². The van der Waals surface area contributed by atoms with Crippen LogP contribution in [0.15, 0.2) is 35.9 Å². The molecule has 0 amide bonds. The molecule has 0 unspecified atom stereocenters. The number of ether oxygens (including phenoxy) is 1. The van der Waals surface area contributed by atoms with E-state index in [-0.39, 0.29) is 29.3 Å². The molecular formula is C26H34F3N2O2+. The third-order valence-electron chi connectivity index (χ3n) is 8.60. The van der Waals surface area contributed by atoms with Crippen molar-refractivity contribution in [3.05, 3.63) is 41.5 Å². The van der Waals surface area contributed by atoms with Crippen LogP contribution in [0.5, 0.6) is 0 Å². The summed E-state index contributed by atoms with van der Waals surface area (Å²) in [6.07, 6.45) is 2.64. The highest BCUT2D eigenvalue weighted by Crippen LogP contribution is 2.53. The van der Waals surface area contributed by atoms with E-state index in [2.05, 4.69) is 19.9 Å². The van der Waals surface area contributed by atoms with Crippen LogP contribution in [0.2, 0.25) is 0 Å². The van der Waals surface area contributed by atoms with Crippen molar-refractivity contribution in [1.29, 1.82) is 0 Å². The molecule has 0 aromatic heterocycles. The van der Waals surface area contributed by atoms with Crippen molar-refractivity contribution in [3.63, 3.8) is 0 Å². The van der Waals surface area contributed by atoms with Gasteiger partial charge in [-0.05, 0) is 48.8 Å². The Morgan fingerprint density at radius 1 is 1.24 bits per heavy atom. The number of anilines is 1. The van der Waals surface area contributed by atoms with Gasteiger partial charge < -0.3 is 14.5 Å². The van der Waals surface area contributed by atoms with E-state index in [9.17, 15) is 18.0 Å². The van der Waals surface area contributed by atoms with Crippen LogP contribution < -0.4 is 9.80 Å². The normalized spacial score (nSPS) is 35.0. The highest BCUT2D eigenvalue weighted by atomic mass is 19.4. The minimum atomic E-state index is -4.33. The number of nitrogens with zero attached hydrogens (tertiary/aromatic N) is 1. The lowest BCUT2D eigenvalue weighted by Gasteiger charge is -2.46. The van der Waals surface area contributed by atoms with Crippen molar-refractivity contribution in [2.75, 3.05) is 37.6 Å². The zero-order chi connectivity index (χ0) is 23.4. The second kappa shape index (κ2) is 8.33. The number of esters is 1. The van der Waals surface area contributed by atoms with Crippen molar-refractivity contribution in [3.8, 4) is 0 Å². The van der Waals surface area contributed by atoms with E-state index in [4.69, 9.17) is 4.74 Å². The van der Waals surface area contributed by atoms with Crippen LogP contribution in [0.25, 0.3) is 0 Å². The Kier molecular flexibility index (Phi) is 5.74. The molecule has 0 radical (unpaired) electrons. The molecule has 1 aromatic carbocycles. The monoisotopic (exact) mass is 463 g/mol. The SMILES string of the molecule is C[C@H]1CCC[C@]2(C)C[C@H]3OC(=O)[C@H](C[NH+]4CCN(c5cccc(C(F)(F)F)c5)CC4)[C@H]3C=C12. The van der Waals surface area contributed by atoms with Crippen LogP contribution in [0.1, 0.15) is 45.1 Å². The molecule has 1 saturated carbocycles. The summed E-state index contributed by atoms with van der Waals surface area (Å²) in [6.45, 7) is 8.37. The first-order chi connectivity index (χ1) is 15.6. The number of nitrogens with one attached hydrogen (secondary N) is 1. The fourth-order valence-corrected chi connectivity index (χ4v) is 6.76. The third-order valence-corrected chi connectivity index (χ3v) is 8.60. The van der Waals surface area contributed by atoms with Crippen molar-refractivity contribution < 1.29 is 27.6 Å². The third kappa shape index (κ3) is 4.29. The number of halogens is 3. The average molecular weight is 464 g/mol. The number of piperazine rings is 1. The van der Waals surface area contributed by atoms with Crippen molar-refractivity contribution in [2.45, 2.75) is 51.8 Å². The summed E-state index contributed by atoms with van der Waals surface area (Å²) in [5.41, 5.74) is 1.70. The summed E-state index contributed by atoms with van der Waals surface area (Å²) >= 11 is 0. The maximum atomic E-state index is 13.1. The summed E-state index contributed by atoms with van der Waals surface area (Å²) in [6, 6.07) is 5.57. The molecule has 4 nitrogen and oxygen atoms in total. The van der Waals surface area contributed by atoms with E-state index >= 15 is 0 Å². The lowest BCUT2D eigenvalue weighted by Crippen LogP contribution is -3.15. The van der Waals surface area contributed by atoms with Crippen LogP contribution in [0.3, 0.4) is 0 Å². The van der Waals surface area contributed by atoms with Gasteiger partial charge in [-0.15, -0.1) is 0 Å². The zero-order valence-electron chi connectivity index (χ0n) is 19.5. The van der Waals surface area contributed by atoms with Crippen molar-refractivity contribution in [2.24, 2.45) is 23.2 Å². The second-order valence-electron chi connectivity index (χ2n) is 10.8. The number of alkyl halides is 3. The largest absolute Gasteiger partial charge is 0.461 e. The van der Waals surface area contributed by atoms with E-state index in [0.717, 1.165) is 32.1 Å². The number of carbonyl (C=O) groups is 1. The Balaban J connectivity index is 1.24. The molecule has 1 aromatic rings. The summed E-state index contributed by atoms with van der Waals surface area (Å²) in [4.78, 5) is 16.2. The molecule has 33 heavy (non-hydrogen) atoms. The molecule has 2 saturated heterocycles. The fraction of sp³-hybridized carbons (Fsp3) is 0.654. The number of rotatable bonds is 3. The molecule has 3 fully saturated rings. The summed E-state index contributed by atoms with van der Waals surface area (Å²) in [5, 5.41) is 0. The molecule has 2 heterocycles. The Labute approximate surface area is 193 Å². The van der Waals surface area contributed by atoms with Gasteiger partial charge in [-0.2, -0.15) is 13.2 Å². The van der Waals surface area contributed by atoms with Gasteiger partial charge in [0.15, 0.2) is 0 Å². The van der Waals surface area contributed by atoms with E-state index in [1.165, 1.54) is 41.9 Å². The van der Waals surface area contributed by atoms with E-state index < -0.39 is 11.7 Å². The highest BCUT2D eigenvalue weighted by Gasteiger charge is 2.52. The molecule has 7 heteroatoms. The zero-order valence-corrected chi connectivity index (χ0v) is 19.5. The van der Waals surface area contributed by atoms with Gasteiger partial charge in [-0.25, -0.2) is 0 Å². The van der Waals surface area contributed by atoms with Gasteiger partial charge >= 0.3 is 12.1 Å². The molecule has 0 spiro atoms. The van der Waals surface area contributed by atoms with E-state index in [1.807, 2.05) is 4.90 Å². The minimum absolute atomic E-state index is 0.00709. The topological polar surface area (TPSA) is 34.0 Å². The molecule has 2 aliphatic carbocycles. The Hall–Kier alpha value is -2.02. The molecule has 5 rings (SSSR count). The van der Waals surface area contributed by atoms with Crippen LogP contribution in [0.4, 0.5) is 18.9 Å². The molecule has 1 N–H and O–H groups in total. The number of quaternary nitrogens is 1. The maximum absolute atomic E-state index is 13.1. The van der Waals surface area contributed by atoms with Gasteiger partial charge in [0.05, 0.1) is 38.3 Å². The van der Waals surface area contributed by atoms with Crippen molar-refractivity contribution in [1.82, 2.24) is 0 Å². The Morgan fingerprint density at radius 2 is 2.00 bits per heavy atom. The van der Waals surface area contributed by atoms with Gasteiger partial charge in [-0.1, -0.05) is 38.0 Å². The first-order valence-electron chi connectivity index (χ1n) is 12.3. The maximum Gasteiger partial charge on any atom is 0.416 e. The predicted molar refractivity (Wildman–Crippen MR) is 120 cm³/mol. The number of hydrogen-bond acceptors (Lipinski definition) is 3.